The van der Waals surface area contributed by atoms with Crippen molar-refractivity contribution in [1.82, 2.24) is 20.5 Å². The monoisotopic (exact) mass is 616 g/mol. The zero-order valence-corrected chi connectivity index (χ0v) is 25.6. The number of nitrogens with zero attached hydrogens (tertiary/aromatic N) is 2. The van der Waals surface area contributed by atoms with Crippen LogP contribution in [0.3, 0.4) is 0 Å². The number of amides is 1. The van der Waals surface area contributed by atoms with Crippen LogP contribution in [0.2, 0.25) is 0 Å². The van der Waals surface area contributed by atoms with E-state index in [0.29, 0.717) is 12.3 Å². The summed E-state index contributed by atoms with van der Waals surface area (Å²) in [6.07, 6.45) is -0.356. The van der Waals surface area contributed by atoms with Crippen LogP contribution in [0, 0.1) is 5.92 Å². The van der Waals surface area contributed by atoms with Crippen molar-refractivity contribution in [2.24, 2.45) is 5.92 Å². The molecule has 44 heavy (non-hydrogen) atoms. The fraction of sp³-hybridized carbons (Fsp3) is 0.333. The second kappa shape index (κ2) is 14.6. The SMILES string of the molecule is CC(=O)O[C@@H](C)C(=O)NCc1cccc(-c2cccc([C@H]3O[C@@H](CSc4ncn[nH]4)[C@@H](C)[C@@H](c4ccc(CO)cc4)O3)c2)c1. The third-order valence-electron chi connectivity index (χ3n) is 7.50. The summed E-state index contributed by atoms with van der Waals surface area (Å²) in [5.41, 5.74) is 5.61. The number of aliphatic hydroxyl groups excluding tert-OH is 1. The van der Waals surface area contributed by atoms with Gasteiger partial charge in [-0.3, -0.25) is 14.7 Å². The van der Waals surface area contributed by atoms with Crippen LogP contribution in [0.25, 0.3) is 11.1 Å². The van der Waals surface area contributed by atoms with E-state index in [4.69, 9.17) is 14.2 Å². The molecule has 1 aliphatic rings. The Bertz CT molecular complexity index is 1550. The second-order valence-electron chi connectivity index (χ2n) is 10.7. The molecule has 3 aromatic carbocycles. The van der Waals surface area contributed by atoms with Gasteiger partial charge in [-0.2, -0.15) is 5.10 Å². The summed E-state index contributed by atoms with van der Waals surface area (Å²) in [5, 5.41) is 19.9. The zero-order valence-electron chi connectivity index (χ0n) is 24.8. The Labute approximate surface area is 260 Å². The van der Waals surface area contributed by atoms with Crippen molar-refractivity contribution in [3.05, 3.63) is 101 Å². The van der Waals surface area contributed by atoms with Gasteiger partial charge >= 0.3 is 5.97 Å². The van der Waals surface area contributed by atoms with Crippen LogP contribution in [0.4, 0.5) is 0 Å². The van der Waals surface area contributed by atoms with Crippen LogP contribution >= 0.6 is 11.8 Å². The molecule has 5 atom stereocenters. The molecule has 10 nitrogen and oxygen atoms in total. The minimum Gasteiger partial charge on any atom is -0.453 e. The fourth-order valence-electron chi connectivity index (χ4n) is 5.10. The van der Waals surface area contributed by atoms with E-state index >= 15 is 0 Å². The van der Waals surface area contributed by atoms with E-state index < -0.39 is 18.4 Å². The predicted octanol–water partition coefficient (Wildman–Crippen LogP) is 5.12. The highest BCUT2D eigenvalue weighted by molar-refractivity contribution is 7.99. The zero-order chi connectivity index (χ0) is 31.1. The number of carbonyl (C=O) groups excluding carboxylic acids is 2. The Morgan fingerprint density at radius 2 is 1.77 bits per heavy atom. The first kappa shape index (κ1) is 31.4. The van der Waals surface area contributed by atoms with Gasteiger partial charge in [0.05, 0.1) is 18.8 Å². The number of aromatic amines is 1. The Balaban J connectivity index is 1.35. The van der Waals surface area contributed by atoms with Crippen LogP contribution < -0.4 is 5.32 Å². The van der Waals surface area contributed by atoms with Gasteiger partial charge in [0.2, 0.25) is 0 Å². The first-order valence-corrected chi connectivity index (χ1v) is 15.4. The van der Waals surface area contributed by atoms with Crippen LogP contribution in [0.1, 0.15) is 55.4 Å². The topological polar surface area (TPSA) is 136 Å². The Morgan fingerprint density at radius 3 is 2.48 bits per heavy atom. The molecule has 1 amide bonds. The fourth-order valence-corrected chi connectivity index (χ4v) is 6.04. The second-order valence-corrected chi connectivity index (χ2v) is 11.7. The normalized spacial score (nSPS) is 20.5. The lowest BCUT2D eigenvalue weighted by molar-refractivity contribution is -0.268. The first-order valence-electron chi connectivity index (χ1n) is 14.4. The molecule has 5 rings (SSSR count). The van der Waals surface area contributed by atoms with Gasteiger partial charge < -0.3 is 24.6 Å². The average molecular weight is 617 g/mol. The van der Waals surface area contributed by atoms with Crippen LogP contribution in [0.5, 0.6) is 0 Å². The van der Waals surface area contributed by atoms with Gasteiger partial charge in [-0.15, -0.1) is 0 Å². The minimum atomic E-state index is -0.861. The Hall–Kier alpha value is -4.03. The average Bonchev–Trinajstić information content (AvgIpc) is 3.57. The van der Waals surface area contributed by atoms with E-state index in [9.17, 15) is 14.7 Å². The summed E-state index contributed by atoms with van der Waals surface area (Å²) in [6, 6.07) is 23.8. The van der Waals surface area contributed by atoms with E-state index in [-0.39, 0.29) is 30.6 Å². The van der Waals surface area contributed by atoms with Gasteiger partial charge in [-0.05, 0) is 46.9 Å². The number of thioether (sulfide) groups is 1. The predicted molar refractivity (Wildman–Crippen MR) is 165 cm³/mol. The summed E-state index contributed by atoms with van der Waals surface area (Å²) < 4.78 is 18.2. The first-order chi connectivity index (χ1) is 21.3. The highest BCUT2D eigenvalue weighted by Gasteiger charge is 2.38. The number of carbonyl (C=O) groups is 2. The molecular weight excluding hydrogens is 580 g/mol. The summed E-state index contributed by atoms with van der Waals surface area (Å²) in [5.74, 6) is -0.156. The summed E-state index contributed by atoms with van der Waals surface area (Å²) in [6.45, 7) is 5.23. The molecule has 1 fully saturated rings. The number of hydrogen-bond donors (Lipinski definition) is 3. The summed E-state index contributed by atoms with van der Waals surface area (Å²) in [7, 11) is 0. The number of aromatic nitrogens is 3. The molecule has 1 aliphatic heterocycles. The molecule has 230 valence electrons. The molecule has 1 saturated heterocycles. The van der Waals surface area contributed by atoms with Gasteiger partial charge in [0.25, 0.3) is 5.91 Å². The minimum absolute atomic E-state index is 0.0166. The third kappa shape index (κ3) is 7.92. The molecular formula is C33H36N4O6S. The van der Waals surface area contributed by atoms with Gasteiger partial charge in [-0.1, -0.05) is 79.3 Å². The van der Waals surface area contributed by atoms with E-state index in [2.05, 4.69) is 33.5 Å². The third-order valence-corrected chi connectivity index (χ3v) is 8.46. The van der Waals surface area contributed by atoms with Crippen molar-refractivity contribution in [1.29, 1.82) is 0 Å². The van der Waals surface area contributed by atoms with Gasteiger partial charge in [-0.25, -0.2) is 4.98 Å². The number of esters is 1. The summed E-state index contributed by atoms with van der Waals surface area (Å²) >= 11 is 1.55. The van der Waals surface area contributed by atoms with Gasteiger partial charge in [0.15, 0.2) is 17.6 Å². The molecule has 0 unspecified atom stereocenters. The molecule has 0 aliphatic carbocycles. The smallest absolute Gasteiger partial charge is 0.303 e. The number of benzene rings is 3. The van der Waals surface area contributed by atoms with Crippen LogP contribution in [-0.4, -0.2) is 50.1 Å². The van der Waals surface area contributed by atoms with Crippen LogP contribution in [-0.2, 0) is 37.0 Å². The Morgan fingerprint density at radius 1 is 1.02 bits per heavy atom. The largest absolute Gasteiger partial charge is 0.453 e. The molecule has 0 bridgehead atoms. The number of nitrogens with one attached hydrogen (secondary N) is 2. The molecule has 2 heterocycles. The lowest BCUT2D eigenvalue weighted by Crippen LogP contribution is -2.38. The number of H-pyrrole nitrogens is 1. The van der Waals surface area contributed by atoms with Gasteiger partial charge in [0, 0.05) is 30.7 Å². The molecule has 0 spiro atoms. The number of aliphatic hydroxyl groups is 1. The molecule has 0 radical (unpaired) electrons. The van der Waals surface area contributed by atoms with E-state index in [1.54, 1.807) is 18.7 Å². The standard InChI is InChI=1S/C33H36N4O6S/c1-20-29(18-44-33-35-19-36-37-33)42-32(43-30(20)25-12-10-23(17-38)11-13-25)28-9-5-8-27(15-28)26-7-4-6-24(14-26)16-34-31(40)21(2)41-22(3)39/h4-15,19-21,29-30,32,38H,16-18H2,1-3H3,(H,34,40)(H,35,36,37)/t20-,21+,29+,30+,32+/m1/s1. The molecule has 4 aromatic rings. The van der Waals surface area contributed by atoms with Crippen molar-refractivity contribution in [2.75, 3.05) is 5.75 Å². The van der Waals surface area contributed by atoms with E-state index in [1.165, 1.54) is 13.3 Å². The van der Waals surface area contributed by atoms with E-state index in [0.717, 1.165) is 38.5 Å². The number of hydrogen-bond acceptors (Lipinski definition) is 9. The molecule has 3 N–H and O–H groups in total. The molecule has 1 aromatic heterocycles. The van der Waals surface area contributed by atoms with Crippen LogP contribution in [0.15, 0.2) is 84.3 Å². The highest BCUT2D eigenvalue weighted by atomic mass is 32.2. The van der Waals surface area contributed by atoms with Crippen molar-refractivity contribution in [2.45, 2.75) is 63.7 Å². The number of rotatable bonds is 11. The number of ether oxygens (including phenoxy) is 3. The maximum atomic E-state index is 12.3. The lowest BCUT2D eigenvalue weighted by atomic mass is 9.91. The molecule has 11 heteroatoms. The van der Waals surface area contributed by atoms with Crippen molar-refractivity contribution in [3.8, 4) is 11.1 Å². The maximum Gasteiger partial charge on any atom is 0.303 e. The summed E-state index contributed by atoms with van der Waals surface area (Å²) in [4.78, 5) is 27.7. The van der Waals surface area contributed by atoms with E-state index in [1.807, 2.05) is 66.7 Å². The lowest BCUT2D eigenvalue weighted by Gasteiger charge is -2.41. The quantitative estimate of drug-likeness (QED) is 0.155. The van der Waals surface area contributed by atoms with Crippen molar-refractivity contribution in [3.63, 3.8) is 0 Å². The van der Waals surface area contributed by atoms with Crippen molar-refractivity contribution >= 4 is 23.6 Å². The maximum absolute atomic E-state index is 12.3. The highest BCUT2D eigenvalue weighted by Crippen LogP contribution is 2.43. The van der Waals surface area contributed by atoms with Crippen molar-refractivity contribution < 1.29 is 28.9 Å². The molecule has 0 saturated carbocycles. The Kier molecular flexibility index (Phi) is 10.4. The van der Waals surface area contributed by atoms with Gasteiger partial charge in [0.1, 0.15) is 6.33 Å².